The van der Waals surface area contributed by atoms with Gasteiger partial charge in [-0.25, -0.2) is 0 Å². The molecule has 1 heterocycles. The lowest BCUT2D eigenvalue weighted by molar-refractivity contribution is -0.138. The van der Waals surface area contributed by atoms with Crippen LogP contribution in [0.25, 0.3) is 0 Å². The van der Waals surface area contributed by atoms with Crippen LogP contribution in [0.3, 0.4) is 0 Å². The van der Waals surface area contributed by atoms with E-state index in [0.29, 0.717) is 12.2 Å². The number of aliphatic carboxylic acids is 1. The molecule has 0 spiro atoms. The van der Waals surface area contributed by atoms with Gasteiger partial charge < -0.3 is 5.11 Å². The van der Waals surface area contributed by atoms with Crippen molar-refractivity contribution in [2.75, 3.05) is 0 Å². The number of carbonyl (C=O) groups is 2. The zero-order valence-electron chi connectivity index (χ0n) is 11.4. The first-order valence-corrected chi connectivity index (χ1v) is 6.32. The molecule has 0 bridgehead atoms. The summed E-state index contributed by atoms with van der Waals surface area (Å²) in [4.78, 5) is 21.6. The lowest BCUT2D eigenvalue weighted by atomic mass is 10.0. The minimum Gasteiger partial charge on any atom is -0.481 e. The fourth-order valence-corrected chi connectivity index (χ4v) is 1.98. The maximum atomic E-state index is 10.9. The van der Waals surface area contributed by atoms with E-state index >= 15 is 0 Å². The molecule has 1 unspecified atom stereocenters. The van der Waals surface area contributed by atoms with Gasteiger partial charge in [-0.05, 0) is 31.0 Å². The highest BCUT2D eigenvalue weighted by Gasteiger charge is 2.13. The molecule has 1 atom stereocenters. The van der Waals surface area contributed by atoms with Gasteiger partial charge in [0.25, 0.3) is 0 Å². The monoisotopic (exact) mass is 272 g/mol. The van der Waals surface area contributed by atoms with Crippen molar-refractivity contribution in [2.45, 2.75) is 26.3 Å². The highest BCUT2D eigenvalue weighted by atomic mass is 16.4. The van der Waals surface area contributed by atoms with Gasteiger partial charge in [0.15, 0.2) is 6.29 Å². The number of aryl methyl sites for hydroxylation is 1. The van der Waals surface area contributed by atoms with Crippen LogP contribution in [0, 0.1) is 6.92 Å². The molecule has 104 valence electrons. The van der Waals surface area contributed by atoms with Gasteiger partial charge in [-0.1, -0.05) is 24.3 Å². The molecule has 5 nitrogen and oxygen atoms in total. The van der Waals surface area contributed by atoms with E-state index in [1.807, 2.05) is 31.2 Å². The van der Waals surface area contributed by atoms with E-state index in [-0.39, 0.29) is 0 Å². The number of carbonyl (C=O) groups excluding carboxylic acids is 1. The molecule has 0 aliphatic carbocycles. The predicted octanol–water partition coefficient (Wildman–Crippen LogP) is 2.24. The molecule has 2 aromatic rings. The Morgan fingerprint density at radius 3 is 2.55 bits per heavy atom. The Morgan fingerprint density at radius 2 is 2.05 bits per heavy atom. The third-order valence-corrected chi connectivity index (χ3v) is 3.30. The van der Waals surface area contributed by atoms with E-state index < -0.39 is 11.9 Å². The molecule has 1 aromatic heterocycles. The fourth-order valence-electron chi connectivity index (χ4n) is 1.98. The molecule has 0 radical (unpaired) electrons. The maximum Gasteiger partial charge on any atom is 0.310 e. The van der Waals surface area contributed by atoms with Crippen LogP contribution in [0.15, 0.2) is 30.3 Å². The van der Waals surface area contributed by atoms with E-state index in [9.17, 15) is 9.59 Å². The number of hydrogen-bond acceptors (Lipinski definition) is 3. The standard InChI is InChI=1S/C15H16N2O3/c1-10-7-14(9-18)16-17(10)8-12-3-5-13(6-4-12)11(2)15(19)20/h3-7,9,11H,8H2,1-2H3,(H,19,20). The van der Waals surface area contributed by atoms with Crippen molar-refractivity contribution in [1.29, 1.82) is 0 Å². The van der Waals surface area contributed by atoms with E-state index in [1.165, 1.54) is 0 Å². The van der Waals surface area contributed by atoms with E-state index in [4.69, 9.17) is 5.11 Å². The average Bonchev–Trinajstić information content (AvgIpc) is 2.79. The molecule has 0 aliphatic heterocycles. The minimum atomic E-state index is -0.837. The summed E-state index contributed by atoms with van der Waals surface area (Å²) in [7, 11) is 0. The van der Waals surface area contributed by atoms with Crippen LogP contribution in [0.5, 0.6) is 0 Å². The second-order valence-electron chi connectivity index (χ2n) is 4.79. The van der Waals surface area contributed by atoms with E-state index in [2.05, 4.69) is 5.10 Å². The Hall–Kier alpha value is -2.43. The van der Waals surface area contributed by atoms with Gasteiger partial charge in [0, 0.05) is 5.69 Å². The van der Waals surface area contributed by atoms with Crippen LogP contribution in [0.2, 0.25) is 0 Å². The van der Waals surface area contributed by atoms with Crippen molar-refractivity contribution in [3.05, 3.63) is 52.8 Å². The normalized spacial score (nSPS) is 12.1. The largest absolute Gasteiger partial charge is 0.481 e. The summed E-state index contributed by atoms with van der Waals surface area (Å²) in [6.07, 6.45) is 0.723. The van der Waals surface area contributed by atoms with Gasteiger partial charge in [0.1, 0.15) is 5.69 Å². The smallest absolute Gasteiger partial charge is 0.310 e. The van der Waals surface area contributed by atoms with Crippen molar-refractivity contribution in [3.8, 4) is 0 Å². The zero-order valence-corrected chi connectivity index (χ0v) is 11.4. The van der Waals surface area contributed by atoms with Gasteiger partial charge in [-0.2, -0.15) is 5.10 Å². The van der Waals surface area contributed by atoms with Crippen molar-refractivity contribution in [2.24, 2.45) is 0 Å². The first-order chi connectivity index (χ1) is 9.51. The molecule has 20 heavy (non-hydrogen) atoms. The summed E-state index contributed by atoms with van der Waals surface area (Å²) in [5, 5.41) is 13.1. The number of benzene rings is 1. The highest BCUT2D eigenvalue weighted by molar-refractivity contribution is 5.75. The van der Waals surface area contributed by atoms with Crippen LogP contribution in [-0.2, 0) is 11.3 Å². The summed E-state index contributed by atoms with van der Waals surface area (Å²) in [6, 6.07) is 9.13. The predicted molar refractivity (Wildman–Crippen MR) is 73.9 cm³/mol. The number of nitrogens with zero attached hydrogens (tertiary/aromatic N) is 2. The Balaban J connectivity index is 2.16. The second kappa shape index (κ2) is 5.69. The van der Waals surface area contributed by atoms with Crippen molar-refractivity contribution in [3.63, 3.8) is 0 Å². The Bertz CT molecular complexity index is 629. The number of rotatable bonds is 5. The van der Waals surface area contributed by atoms with Crippen LogP contribution in [-0.4, -0.2) is 27.1 Å². The number of hydrogen-bond donors (Lipinski definition) is 1. The molecule has 0 fully saturated rings. The molecular formula is C15H16N2O3. The lowest BCUT2D eigenvalue weighted by Gasteiger charge is -2.08. The summed E-state index contributed by atoms with van der Waals surface area (Å²) >= 11 is 0. The number of carboxylic acids is 1. The van der Waals surface area contributed by atoms with Crippen molar-refractivity contribution < 1.29 is 14.7 Å². The first kappa shape index (κ1) is 14.0. The van der Waals surface area contributed by atoms with Crippen molar-refractivity contribution in [1.82, 2.24) is 9.78 Å². The molecule has 0 aliphatic rings. The van der Waals surface area contributed by atoms with Crippen LogP contribution in [0.4, 0.5) is 0 Å². The summed E-state index contributed by atoms with van der Waals surface area (Å²) in [6.45, 7) is 4.10. The molecule has 2 rings (SSSR count). The third kappa shape index (κ3) is 2.93. The Kier molecular flexibility index (Phi) is 3.98. The van der Waals surface area contributed by atoms with Crippen LogP contribution >= 0.6 is 0 Å². The highest BCUT2D eigenvalue weighted by Crippen LogP contribution is 2.16. The summed E-state index contributed by atoms with van der Waals surface area (Å²) < 4.78 is 1.75. The quantitative estimate of drug-likeness (QED) is 0.847. The van der Waals surface area contributed by atoms with Crippen LogP contribution < -0.4 is 0 Å². The molecular weight excluding hydrogens is 256 g/mol. The zero-order chi connectivity index (χ0) is 14.7. The second-order valence-corrected chi connectivity index (χ2v) is 4.79. The molecule has 1 N–H and O–H groups in total. The number of aldehydes is 1. The number of carboxylic acid groups (broad SMARTS) is 1. The minimum absolute atomic E-state index is 0.415. The van der Waals surface area contributed by atoms with Gasteiger partial charge in [0.2, 0.25) is 0 Å². The summed E-state index contributed by atoms with van der Waals surface area (Å²) in [5.74, 6) is -1.35. The molecule has 1 aromatic carbocycles. The van der Waals surface area contributed by atoms with Gasteiger partial charge in [0.05, 0.1) is 12.5 Å². The summed E-state index contributed by atoms with van der Waals surface area (Å²) in [5.41, 5.74) is 3.11. The molecule has 0 amide bonds. The third-order valence-electron chi connectivity index (χ3n) is 3.30. The number of aromatic nitrogens is 2. The van der Waals surface area contributed by atoms with Gasteiger partial charge in [-0.15, -0.1) is 0 Å². The maximum absolute atomic E-state index is 10.9. The van der Waals surface area contributed by atoms with Gasteiger partial charge in [-0.3, -0.25) is 14.3 Å². The molecule has 0 saturated carbocycles. The topological polar surface area (TPSA) is 72.2 Å². The van der Waals surface area contributed by atoms with Gasteiger partial charge >= 0.3 is 5.97 Å². The SMILES string of the molecule is Cc1cc(C=O)nn1Cc1ccc(C(C)C(=O)O)cc1. The average molecular weight is 272 g/mol. The molecule has 0 saturated heterocycles. The van der Waals surface area contributed by atoms with Crippen molar-refractivity contribution >= 4 is 12.3 Å². The molecule has 5 heteroatoms. The Morgan fingerprint density at radius 1 is 1.40 bits per heavy atom. The fraction of sp³-hybridized carbons (Fsp3) is 0.267. The van der Waals surface area contributed by atoms with E-state index in [0.717, 1.165) is 23.1 Å². The van der Waals surface area contributed by atoms with Crippen LogP contribution in [0.1, 0.15) is 40.2 Å². The Labute approximate surface area is 116 Å². The lowest BCUT2D eigenvalue weighted by Crippen LogP contribution is -2.08. The van der Waals surface area contributed by atoms with E-state index in [1.54, 1.807) is 17.7 Å². The first-order valence-electron chi connectivity index (χ1n) is 6.32.